The minimum atomic E-state index is -0.338. The summed E-state index contributed by atoms with van der Waals surface area (Å²) >= 11 is 5.97. The summed E-state index contributed by atoms with van der Waals surface area (Å²) in [6, 6.07) is 10.0. The number of rotatable bonds is 2. The fraction of sp³-hybridized carbons (Fsp3) is 0.235. The molecule has 1 heterocycles. The number of anilines is 1. The quantitative estimate of drug-likeness (QED) is 0.909. The van der Waals surface area contributed by atoms with Crippen LogP contribution in [0.4, 0.5) is 10.1 Å². The number of hydrogen-bond acceptors (Lipinski definition) is 2. The molecule has 1 atom stereocenters. The second kappa shape index (κ2) is 5.97. The van der Waals surface area contributed by atoms with Crippen LogP contribution >= 0.6 is 11.6 Å². The first kappa shape index (κ1) is 14.9. The molecular formula is C17H15ClFNO2. The van der Waals surface area contributed by atoms with Crippen molar-refractivity contribution in [3.05, 3.63) is 58.4 Å². The SMILES string of the molecule is Cc1ccc(NC(=O)[C@H]2COc3ccc(Cl)cc3C2)cc1F. The van der Waals surface area contributed by atoms with Gasteiger partial charge in [0.05, 0.1) is 5.92 Å². The molecule has 2 aromatic carbocycles. The smallest absolute Gasteiger partial charge is 0.231 e. The highest BCUT2D eigenvalue weighted by atomic mass is 35.5. The zero-order valence-corrected chi connectivity index (χ0v) is 12.8. The molecular weight excluding hydrogens is 305 g/mol. The van der Waals surface area contributed by atoms with Crippen LogP contribution in [-0.4, -0.2) is 12.5 Å². The van der Waals surface area contributed by atoms with Gasteiger partial charge in [0.2, 0.25) is 5.91 Å². The van der Waals surface area contributed by atoms with E-state index in [4.69, 9.17) is 16.3 Å². The van der Waals surface area contributed by atoms with Crippen LogP contribution < -0.4 is 10.1 Å². The monoisotopic (exact) mass is 319 g/mol. The van der Waals surface area contributed by atoms with E-state index in [-0.39, 0.29) is 17.6 Å². The number of aryl methyl sites for hydroxylation is 1. The Kier molecular flexibility index (Phi) is 4.03. The van der Waals surface area contributed by atoms with Crippen molar-refractivity contribution in [2.24, 2.45) is 5.92 Å². The molecule has 5 heteroatoms. The van der Waals surface area contributed by atoms with E-state index in [1.54, 1.807) is 31.2 Å². The van der Waals surface area contributed by atoms with E-state index in [0.29, 0.717) is 29.3 Å². The van der Waals surface area contributed by atoms with Crippen LogP contribution in [-0.2, 0) is 11.2 Å². The molecule has 0 fully saturated rings. The van der Waals surface area contributed by atoms with Crippen LogP contribution in [0.15, 0.2) is 36.4 Å². The van der Waals surface area contributed by atoms with Crippen LogP contribution in [0.3, 0.4) is 0 Å². The molecule has 0 aromatic heterocycles. The van der Waals surface area contributed by atoms with Crippen molar-refractivity contribution < 1.29 is 13.9 Å². The second-order valence-corrected chi connectivity index (χ2v) is 5.85. The van der Waals surface area contributed by atoms with Gasteiger partial charge in [-0.15, -0.1) is 0 Å². The molecule has 3 nitrogen and oxygen atoms in total. The maximum Gasteiger partial charge on any atom is 0.231 e. The topological polar surface area (TPSA) is 38.3 Å². The molecule has 0 radical (unpaired) electrons. The van der Waals surface area contributed by atoms with Gasteiger partial charge < -0.3 is 10.1 Å². The van der Waals surface area contributed by atoms with E-state index in [9.17, 15) is 9.18 Å². The van der Waals surface area contributed by atoms with Gasteiger partial charge in [-0.05, 0) is 54.8 Å². The van der Waals surface area contributed by atoms with Crippen LogP contribution in [0.5, 0.6) is 5.75 Å². The van der Waals surface area contributed by atoms with Crippen LogP contribution in [0.2, 0.25) is 5.02 Å². The average Bonchev–Trinajstić information content (AvgIpc) is 2.50. The molecule has 1 amide bonds. The lowest BCUT2D eigenvalue weighted by molar-refractivity contribution is -0.121. The summed E-state index contributed by atoms with van der Waals surface area (Å²) in [6.07, 6.45) is 0.552. The minimum Gasteiger partial charge on any atom is -0.492 e. The Morgan fingerprint density at radius 2 is 2.14 bits per heavy atom. The molecule has 0 saturated carbocycles. The Balaban J connectivity index is 1.72. The van der Waals surface area contributed by atoms with E-state index < -0.39 is 0 Å². The molecule has 1 N–H and O–H groups in total. The van der Waals surface area contributed by atoms with Gasteiger partial charge in [0.15, 0.2) is 0 Å². The van der Waals surface area contributed by atoms with Gasteiger partial charge in [-0.3, -0.25) is 4.79 Å². The van der Waals surface area contributed by atoms with E-state index in [2.05, 4.69) is 5.32 Å². The van der Waals surface area contributed by atoms with E-state index in [1.165, 1.54) is 6.07 Å². The second-order valence-electron chi connectivity index (χ2n) is 5.42. The normalized spacial score (nSPS) is 16.6. The molecule has 114 valence electrons. The molecule has 22 heavy (non-hydrogen) atoms. The third-order valence-electron chi connectivity index (χ3n) is 3.74. The number of fused-ring (bicyclic) bond motifs is 1. The zero-order valence-electron chi connectivity index (χ0n) is 12.0. The van der Waals surface area contributed by atoms with Gasteiger partial charge in [-0.25, -0.2) is 4.39 Å². The largest absolute Gasteiger partial charge is 0.492 e. The van der Waals surface area contributed by atoms with Crippen molar-refractivity contribution in [3.8, 4) is 5.75 Å². The average molecular weight is 320 g/mol. The predicted octanol–water partition coefficient (Wildman–Crippen LogP) is 3.98. The summed E-state index contributed by atoms with van der Waals surface area (Å²) in [6.45, 7) is 1.98. The molecule has 2 aromatic rings. The van der Waals surface area contributed by atoms with Gasteiger partial charge >= 0.3 is 0 Å². The zero-order chi connectivity index (χ0) is 15.7. The fourth-order valence-electron chi connectivity index (χ4n) is 2.45. The standard InChI is InChI=1S/C17H15ClFNO2/c1-10-2-4-14(8-15(10)19)20-17(21)12-6-11-7-13(18)3-5-16(11)22-9-12/h2-5,7-8,12H,6,9H2,1H3,(H,20,21)/t12-/m1/s1. The van der Waals surface area contributed by atoms with Gasteiger partial charge in [-0.1, -0.05) is 17.7 Å². The van der Waals surface area contributed by atoms with Crippen LogP contribution in [0, 0.1) is 18.7 Å². The third kappa shape index (κ3) is 3.07. The number of hydrogen-bond donors (Lipinski definition) is 1. The Morgan fingerprint density at radius 1 is 1.32 bits per heavy atom. The Morgan fingerprint density at radius 3 is 2.91 bits per heavy atom. The summed E-state index contributed by atoms with van der Waals surface area (Å²) < 4.78 is 19.1. The van der Waals surface area contributed by atoms with Crippen molar-refractivity contribution in [1.82, 2.24) is 0 Å². The van der Waals surface area contributed by atoms with E-state index in [1.807, 2.05) is 6.07 Å². The molecule has 0 aliphatic carbocycles. The Hall–Kier alpha value is -2.07. The Labute approximate surface area is 133 Å². The number of nitrogens with one attached hydrogen (secondary N) is 1. The highest BCUT2D eigenvalue weighted by Crippen LogP contribution is 2.30. The first-order valence-corrected chi connectivity index (χ1v) is 7.39. The van der Waals surface area contributed by atoms with Gasteiger partial charge in [0.25, 0.3) is 0 Å². The number of ether oxygens (including phenoxy) is 1. The minimum absolute atomic E-state index is 0.186. The van der Waals surface area contributed by atoms with Gasteiger partial charge in [-0.2, -0.15) is 0 Å². The maximum atomic E-state index is 13.5. The lowest BCUT2D eigenvalue weighted by Crippen LogP contribution is -2.32. The number of amides is 1. The van der Waals surface area contributed by atoms with Crippen molar-refractivity contribution in [2.75, 3.05) is 11.9 Å². The highest BCUT2D eigenvalue weighted by Gasteiger charge is 2.26. The summed E-state index contributed by atoms with van der Waals surface area (Å²) in [5.41, 5.74) is 1.90. The first-order chi connectivity index (χ1) is 10.5. The summed E-state index contributed by atoms with van der Waals surface area (Å²) in [5.74, 6) is -0.0890. The van der Waals surface area contributed by atoms with Crippen LogP contribution in [0.25, 0.3) is 0 Å². The lowest BCUT2D eigenvalue weighted by atomic mass is 9.96. The molecule has 1 aliphatic rings. The summed E-state index contributed by atoms with van der Waals surface area (Å²) in [7, 11) is 0. The fourth-order valence-corrected chi connectivity index (χ4v) is 2.64. The lowest BCUT2D eigenvalue weighted by Gasteiger charge is -2.24. The molecule has 0 unspecified atom stereocenters. The number of carbonyl (C=O) groups excluding carboxylic acids is 1. The summed E-state index contributed by atoms with van der Waals surface area (Å²) in [4.78, 5) is 12.3. The third-order valence-corrected chi connectivity index (χ3v) is 3.97. The summed E-state index contributed by atoms with van der Waals surface area (Å²) in [5, 5.41) is 3.35. The molecule has 0 bridgehead atoms. The van der Waals surface area contributed by atoms with Crippen LogP contribution in [0.1, 0.15) is 11.1 Å². The molecule has 1 aliphatic heterocycles. The van der Waals surface area contributed by atoms with Crippen molar-refractivity contribution in [3.63, 3.8) is 0 Å². The Bertz CT molecular complexity index is 733. The van der Waals surface area contributed by atoms with Crippen molar-refractivity contribution in [2.45, 2.75) is 13.3 Å². The van der Waals surface area contributed by atoms with E-state index >= 15 is 0 Å². The predicted molar refractivity (Wildman–Crippen MR) is 83.9 cm³/mol. The maximum absolute atomic E-state index is 13.5. The van der Waals surface area contributed by atoms with Gasteiger partial charge in [0.1, 0.15) is 18.2 Å². The molecule has 0 saturated heterocycles. The van der Waals surface area contributed by atoms with Crippen molar-refractivity contribution >= 4 is 23.2 Å². The molecule has 0 spiro atoms. The first-order valence-electron chi connectivity index (χ1n) is 7.01. The van der Waals surface area contributed by atoms with E-state index in [0.717, 1.165) is 11.3 Å². The molecule has 3 rings (SSSR count). The van der Waals surface area contributed by atoms with Crippen molar-refractivity contribution in [1.29, 1.82) is 0 Å². The number of carbonyl (C=O) groups is 1. The highest BCUT2D eigenvalue weighted by molar-refractivity contribution is 6.30. The van der Waals surface area contributed by atoms with Gasteiger partial charge in [0, 0.05) is 10.7 Å². The number of halogens is 2. The number of benzene rings is 2.